The van der Waals surface area contributed by atoms with Crippen molar-refractivity contribution in [1.82, 2.24) is 4.90 Å². The van der Waals surface area contributed by atoms with Gasteiger partial charge in [0.1, 0.15) is 0 Å². The first-order chi connectivity index (χ1) is 12.3. The van der Waals surface area contributed by atoms with Gasteiger partial charge in [0.05, 0.1) is 0 Å². The van der Waals surface area contributed by atoms with Gasteiger partial charge in [-0.3, -0.25) is 4.90 Å². The van der Waals surface area contributed by atoms with Crippen molar-refractivity contribution >= 4 is 0 Å². The summed E-state index contributed by atoms with van der Waals surface area (Å²) in [6, 6.07) is 13.5. The molecule has 0 aromatic heterocycles. The molecule has 26 heavy (non-hydrogen) atoms. The topological polar surface area (TPSA) is 62.9 Å². The molecular formula is C21H22MnNO3. The van der Waals surface area contributed by atoms with Crippen molar-refractivity contribution in [2.75, 3.05) is 0 Å². The minimum absolute atomic E-state index is 0. The van der Waals surface area contributed by atoms with Crippen molar-refractivity contribution in [3.8, 4) is 0 Å². The number of rotatable bonds is 2. The Morgan fingerprint density at radius 1 is 0.885 bits per heavy atom. The average molecular weight is 391 g/mol. The second kappa shape index (κ2) is 16.1. The molecule has 1 aliphatic carbocycles. The van der Waals surface area contributed by atoms with Gasteiger partial charge in [0.2, 0.25) is 0 Å². The third kappa shape index (κ3) is 7.66. The van der Waals surface area contributed by atoms with E-state index in [0.29, 0.717) is 18.0 Å². The summed E-state index contributed by atoms with van der Waals surface area (Å²) in [5.74, 6) is 0.418. The first-order valence-electron chi connectivity index (χ1n) is 7.93. The van der Waals surface area contributed by atoms with Gasteiger partial charge < -0.3 is 0 Å². The van der Waals surface area contributed by atoms with Gasteiger partial charge in [-0.25, -0.2) is 0 Å². The van der Waals surface area contributed by atoms with E-state index in [2.05, 4.69) is 94.7 Å². The van der Waals surface area contributed by atoms with E-state index in [1.165, 1.54) is 24.4 Å². The fourth-order valence-electron chi connectivity index (χ4n) is 3.33. The second-order valence-corrected chi connectivity index (χ2v) is 5.76. The van der Waals surface area contributed by atoms with Crippen LogP contribution in [0.3, 0.4) is 0 Å². The van der Waals surface area contributed by atoms with E-state index in [1.807, 2.05) is 0 Å². The van der Waals surface area contributed by atoms with Crippen molar-refractivity contribution in [3.63, 3.8) is 0 Å². The number of benzene rings is 1. The third-order valence-corrected chi connectivity index (χ3v) is 4.37. The molecule has 1 aromatic rings. The Morgan fingerprint density at radius 2 is 1.38 bits per heavy atom. The van der Waals surface area contributed by atoms with E-state index in [0.717, 1.165) is 0 Å². The number of hydrogen-bond acceptors (Lipinski definition) is 1. The zero-order chi connectivity index (χ0) is 19.2. The monoisotopic (exact) mass is 391 g/mol. The van der Waals surface area contributed by atoms with Gasteiger partial charge in [0.15, 0.2) is 0 Å². The molecule has 3 rings (SSSR count). The number of hydrogen-bond donors (Lipinski definition) is 0. The van der Waals surface area contributed by atoms with Crippen LogP contribution in [0, 0.1) is 51.7 Å². The van der Waals surface area contributed by atoms with Gasteiger partial charge in [-0.05, 0) is 63.9 Å². The Labute approximate surface area is 168 Å². The summed E-state index contributed by atoms with van der Waals surface area (Å²) in [7, 11) is 0. The first-order valence-corrected chi connectivity index (χ1v) is 7.93. The predicted molar refractivity (Wildman–Crippen MR) is 91.4 cm³/mol. The van der Waals surface area contributed by atoms with Crippen LogP contribution in [0.5, 0.6) is 0 Å². The van der Waals surface area contributed by atoms with Crippen LogP contribution in [-0.4, -0.2) is 17.0 Å². The molecule has 5 heteroatoms. The fourth-order valence-corrected chi connectivity index (χ4v) is 3.33. The third-order valence-electron chi connectivity index (χ3n) is 4.37. The van der Waals surface area contributed by atoms with Crippen molar-refractivity contribution < 1.29 is 31.0 Å². The fraction of sp³-hybridized carbons (Fsp3) is 0.333. The molecule has 0 unspecified atom stereocenters. The zero-order valence-corrected chi connectivity index (χ0v) is 16.1. The first kappa shape index (κ1) is 27.1. The molecule has 0 spiro atoms. The van der Waals surface area contributed by atoms with Gasteiger partial charge in [-0.15, -0.1) is 0 Å². The Bertz CT molecular complexity index is 505. The van der Waals surface area contributed by atoms with Gasteiger partial charge in [0.25, 0.3) is 0 Å². The van der Waals surface area contributed by atoms with Gasteiger partial charge in [-0.1, -0.05) is 30.3 Å². The van der Waals surface area contributed by atoms with E-state index >= 15 is 0 Å². The van der Waals surface area contributed by atoms with Crippen LogP contribution in [0.1, 0.15) is 38.2 Å². The molecule has 136 valence electrons. The molecule has 2 aliphatic rings. The van der Waals surface area contributed by atoms with Crippen molar-refractivity contribution in [2.45, 2.75) is 44.7 Å². The van der Waals surface area contributed by atoms with Crippen molar-refractivity contribution in [1.29, 1.82) is 0 Å². The molecule has 1 aromatic carbocycles. The largest absolute Gasteiger partial charge is 0 e. The Hall–Kier alpha value is -1.08. The van der Waals surface area contributed by atoms with E-state index in [4.69, 9.17) is 14.0 Å². The van der Waals surface area contributed by atoms with Crippen LogP contribution in [-0.2, 0) is 31.0 Å². The summed E-state index contributed by atoms with van der Waals surface area (Å²) < 4.78 is 22.5. The van der Waals surface area contributed by atoms with Gasteiger partial charge in [0, 0.05) is 35.2 Å². The summed E-state index contributed by atoms with van der Waals surface area (Å²) in [5.41, 5.74) is 1.38. The molecule has 4 nitrogen and oxygen atoms in total. The van der Waals surface area contributed by atoms with Crippen LogP contribution in [0.15, 0.2) is 30.3 Å². The van der Waals surface area contributed by atoms with E-state index in [1.54, 1.807) is 0 Å². The van der Waals surface area contributed by atoms with Crippen LogP contribution in [0.4, 0.5) is 0 Å². The van der Waals surface area contributed by atoms with Gasteiger partial charge >= 0.3 is 33.9 Å². The number of nitrogens with zero attached hydrogens (tertiary/aromatic N) is 1. The molecular weight excluding hydrogens is 369 g/mol. The minimum atomic E-state index is 0. The SMILES string of the molecule is C[C@@H]1CC[C@@H](C)N1[C]1[CH][CH][CH][C@@H](c2ccccc2)[CH]1.[C-]#[O+].[C-]#[O+].[C-]#[O+].[Mn]. The van der Waals surface area contributed by atoms with E-state index in [9.17, 15) is 0 Å². The molecule has 2 fully saturated rings. The molecule has 3 atom stereocenters. The molecule has 1 heterocycles. The normalized spacial score (nSPS) is 24.8. The zero-order valence-electron chi connectivity index (χ0n) is 14.9. The molecule has 0 bridgehead atoms. The average Bonchev–Trinajstić information content (AvgIpc) is 3.05. The smallest absolute Gasteiger partial charge is 0 e. The quantitative estimate of drug-likeness (QED) is 0.429. The minimum Gasteiger partial charge on any atom is 0 e. The van der Waals surface area contributed by atoms with Crippen molar-refractivity contribution in [3.05, 3.63) is 87.6 Å². The maximum Gasteiger partial charge on any atom is 0 e. The summed E-state index contributed by atoms with van der Waals surface area (Å²) >= 11 is 0. The van der Waals surface area contributed by atoms with Crippen LogP contribution in [0.2, 0.25) is 0 Å². The summed E-state index contributed by atoms with van der Waals surface area (Å²) in [4.78, 5) is 2.58. The Kier molecular flexibility index (Phi) is 16.8. The van der Waals surface area contributed by atoms with Crippen LogP contribution in [0.25, 0.3) is 0 Å². The second-order valence-electron chi connectivity index (χ2n) is 5.76. The van der Waals surface area contributed by atoms with E-state index < -0.39 is 0 Å². The maximum absolute atomic E-state index is 7.50. The maximum atomic E-state index is 7.50. The molecule has 1 saturated heterocycles. The van der Waals surface area contributed by atoms with Crippen molar-refractivity contribution in [2.24, 2.45) is 0 Å². The molecule has 0 N–H and O–H groups in total. The Balaban J connectivity index is 0. The summed E-state index contributed by atoms with van der Waals surface area (Å²) in [6.45, 7) is 18.2. The van der Waals surface area contributed by atoms with Gasteiger partial charge in [-0.2, -0.15) is 0 Å². The molecule has 6 radical (unpaired) electrons. The van der Waals surface area contributed by atoms with Crippen LogP contribution < -0.4 is 0 Å². The standard InChI is InChI=1S/C18H22N.3CO.Mn/c1-14-11-12-15(2)19(14)18-10-6-9-17(13-18)16-7-4-3-5-8-16;3*1-2;/h3-10,13-15,17H,11-12H2,1-2H3;;;;/t14-,15-,17-;;;;/m1..../s1. The molecule has 0 amide bonds. The Morgan fingerprint density at radius 3 is 1.88 bits per heavy atom. The predicted octanol–water partition coefficient (Wildman–Crippen LogP) is 3.89. The number of likely N-dealkylation sites (tertiary alicyclic amines) is 1. The van der Waals surface area contributed by atoms with E-state index in [-0.39, 0.29) is 17.1 Å². The summed E-state index contributed by atoms with van der Waals surface area (Å²) in [5, 5.41) is 0. The molecule has 1 saturated carbocycles. The van der Waals surface area contributed by atoms with Crippen LogP contribution >= 0.6 is 0 Å². The molecule has 1 aliphatic heterocycles. The summed E-state index contributed by atoms with van der Waals surface area (Å²) in [6.07, 6.45) is 11.8.